The van der Waals surface area contributed by atoms with Crippen LogP contribution in [0.5, 0.6) is 0 Å². The van der Waals surface area contributed by atoms with E-state index >= 15 is 0 Å². The molecule has 0 radical (unpaired) electrons. The van der Waals surface area contributed by atoms with Crippen LogP contribution >= 0.6 is 0 Å². The Labute approximate surface area is 136 Å². The van der Waals surface area contributed by atoms with Gasteiger partial charge in [-0.15, -0.1) is 0 Å². The molecule has 4 aliphatic carbocycles. The Bertz CT molecular complexity index is 522. The number of rotatable bonds is 2. The first-order chi connectivity index (χ1) is 10.4. The Morgan fingerprint density at radius 3 is 2.45 bits per heavy atom. The van der Waals surface area contributed by atoms with Crippen LogP contribution in [0.4, 0.5) is 0 Å². The van der Waals surface area contributed by atoms with Gasteiger partial charge in [0.25, 0.3) is 0 Å². The summed E-state index contributed by atoms with van der Waals surface area (Å²) >= 11 is 0. The summed E-state index contributed by atoms with van der Waals surface area (Å²) in [6.07, 6.45) is 11.3. The van der Waals surface area contributed by atoms with Gasteiger partial charge in [0, 0.05) is 17.9 Å². The molecule has 2 spiro atoms. The van der Waals surface area contributed by atoms with Crippen LogP contribution in [0.15, 0.2) is 11.1 Å². The van der Waals surface area contributed by atoms with E-state index < -0.39 is 0 Å². The lowest BCUT2D eigenvalue weighted by Gasteiger charge is -2.64. The lowest BCUT2D eigenvalue weighted by Crippen LogP contribution is -2.60. The van der Waals surface area contributed by atoms with E-state index in [1.807, 2.05) is 12.7 Å². The SMILES string of the molecule is COCC12CC3=C(C)CCC3(C(C)CC13CCCC3)C2(C)C. The van der Waals surface area contributed by atoms with Gasteiger partial charge in [-0.25, -0.2) is 0 Å². The molecule has 0 aromatic rings. The van der Waals surface area contributed by atoms with Gasteiger partial charge in [0.1, 0.15) is 0 Å². The summed E-state index contributed by atoms with van der Waals surface area (Å²) in [5, 5.41) is 0. The van der Waals surface area contributed by atoms with Crippen molar-refractivity contribution in [2.24, 2.45) is 27.6 Å². The fourth-order valence-corrected chi connectivity index (χ4v) is 8.35. The van der Waals surface area contributed by atoms with Crippen molar-refractivity contribution in [3.05, 3.63) is 11.1 Å². The van der Waals surface area contributed by atoms with E-state index in [1.54, 1.807) is 5.57 Å². The Morgan fingerprint density at radius 2 is 1.82 bits per heavy atom. The Kier molecular flexibility index (Phi) is 3.05. The molecule has 0 N–H and O–H groups in total. The third-order valence-electron chi connectivity index (χ3n) is 9.24. The molecule has 0 heterocycles. The maximum atomic E-state index is 5.93. The molecule has 3 saturated carbocycles. The second kappa shape index (κ2) is 4.41. The normalized spacial score (nSPS) is 44.9. The van der Waals surface area contributed by atoms with Gasteiger partial charge in [0.2, 0.25) is 0 Å². The number of allylic oxidation sites excluding steroid dienone is 2. The third kappa shape index (κ3) is 1.34. The molecule has 0 amide bonds. The van der Waals surface area contributed by atoms with Crippen LogP contribution in [0.2, 0.25) is 0 Å². The molecule has 1 nitrogen and oxygen atoms in total. The van der Waals surface area contributed by atoms with Crippen LogP contribution in [0.3, 0.4) is 0 Å². The molecule has 3 atom stereocenters. The molecule has 0 saturated heterocycles. The third-order valence-corrected chi connectivity index (χ3v) is 9.24. The lowest BCUT2D eigenvalue weighted by molar-refractivity contribution is -0.188. The van der Waals surface area contributed by atoms with Crippen molar-refractivity contribution < 1.29 is 4.74 Å². The Balaban J connectivity index is 1.96. The van der Waals surface area contributed by atoms with E-state index in [0.29, 0.717) is 21.7 Å². The molecule has 22 heavy (non-hydrogen) atoms. The van der Waals surface area contributed by atoms with Crippen molar-refractivity contribution in [1.29, 1.82) is 0 Å². The zero-order valence-electron chi connectivity index (χ0n) is 15.3. The van der Waals surface area contributed by atoms with Gasteiger partial charge in [0.15, 0.2) is 0 Å². The zero-order chi connectivity index (χ0) is 15.8. The second-order valence-electron chi connectivity index (χ2n) is 9.64. The van der Waals surface area contributed by atoms with Crippen LogP contribution in [0.25, 0.3) is 0 Å². The van der Waals surface area contributed by atoms with E-state index in [0.717, 1.165) is 12.5 Å². The fraction of sp³-hybridized carbons (Fsp3) is 0.905. The van der Waals surface area contributed by atoms with Gasteiger partial charge in [0.05, 0.1) is 6.61 Å². The molecular formula is C21H34O. The van der Waals surface area contributed by atoms with Crippen molar-refractivity contribution in [2.75, 3.05) is 13.7 Å². The summed E-state index contributed by atoms with van der Waals surface area (Å²) in [7, 11) is 1.94. The van der Waals surface area contributed by atoms with Crippen molar-refractivity contribution in [3.63, 3.8) is 0 Å². The maximum Gasteiger partial charge on any atom is 0.0532 e. The lowest BCUT2D eigenvalue weighted by atomic mass is 9.40. The van der Waals surface area contributed by atoms with E-state index in [9.17, 15) is 0 Å². The number of methoxy groups -OCH3 is 1. The smallest absolute Gasteiger partial charge is 0.0532 e. The predicted octanol–water partition coefficient (Wildman–Crippen LogP) is 5.75. The number of ether oxygens (including phenoxy) is 1. The minimum atomic E-state index is 0.380. The second-order valence-corrected chi connectivity index (χ2v) is 9.64. The van der Waals surface area contributed by atoms with Gasteiger partial charge >= 0.3 is 0 Å². The average Bonchev–Trinajstić information content (AvgIpc) is 3.07. The van der Waals surface area contributed by atoms with Crippen LogP contribution in [0.1, 0.15) is 79.1 Å². The van der Waals surface area contributed by atoms with Crippen LogP contribution < -0.4 is 0 Å². The molecule has 0 aromatic carbocycles. The summed E-state index contributed by atoms with van der Waals surface area (Å²) in [6.45, 7) is 11.2. The highest BCUT2D eigenvalue weighted by Crippen LogP contribution is 2.83. The van der Waals surface area contributed by atoms with Crippen molar-refractivity contribution in [2.45, 2.75) is 79.1 Å². The summed E-state index contributed by atoms with van der Waals surface area (Å²) in [5.74, 6) is 0.848. The molecule has 124 valence electrons. The molecular weight excluding hydrogens is 268 g/mol. The Morgan fingerprint density at radius 1 is 1.14 bits per heavy atom. The quantitative estimate of drug-likeness (QED) is 0.590. The van der Waals surface area contributed by atoms with Gasteiger partial charge in [-0.1, -0.05) is 44.8 Å². The topological polar surface area (TPSA) is 9.23 Å². The van der Waals surface area contributed by atoms with Gasteiger partial charge < -0.3 is 4.74 Å². The monoisotopic (exact) mass is 302 g/mol. The summed E-state index contributed by atoms with van der Waals surface area (Å²) < 4.78 is 5.93. The van der Waals surface area contributed by atoms with E-state index in [2.05, 4.69) is 27.7 Å². The largest absolute Gasteiger partial charge is 0.384 e. The van der Waals surface area contributed by atoms with E-state index in [-0.39, 0.29) is 0 Å². The molecule has 4 rings (SSSR count). The first kappa shape index (κ1) is 15.2. The van der Waals surface area contributed by atoms with Crippen LogP contribution in [-0.2, 0) is 4.74 Å². The van der Waals surface area contributed by atoms with Gasteiger partial charge in [-0.2, -0.15) is 0 Å². The molecule has 3 unspecified atom stereocenters. The van der Waals surface area contributed by atoms with Gasteiger partial charge in [-0.05, 0) is 62.2 Å². The number of hydrogen-bond acceptors (Lipinski definition) is 1. The van der Waals surface area contributed by atoms with Crippen LogP contribution in [-0.4, -0.2) is 13.7 Å². The van der Waals surface area contributed by atoms with Crippen molar-refractivity contribution in [1.82, 2.24) is 0 Å². The highest BCUT2D eigenvalue weighted by Gasteiger charge is 2.76. The first-order valence-electron chi connectivity index (χ1n) is 9.55. The highest BCUT2D eigenvalue weighted by atomic mass is 16.5. The summed E-state index contributed by atoms with van der Waals surface area (Å²) in [5.41, 5.74) is 5.39. The minimum Gasteiger partial charge on any atom is -0.384 e. The van der Waals surface area contributed by atoms with Crippen molar-refractivity contribution >= 4 is 0 Å². The fourth-order valence-electron chi connectivity index (χ4n) is 8.35. The molecule has 0 aromatic heterocycles. The standard InChI is InChI=1S/C21H34O/c1-15-8-11-21-16(2)12-19(9-6-7-10-19)20(14-22-5,13-17(15)21)18(21,3)4/h16H,6-14H2,1-5H3. The molecule has 2 bridgehead atoms. The Hall–Kier alpha value is -0.300. The number of fused-ring (bicyclic) bond motifs is 2. The maximum absolute atomic E-state index is 5.93. The van der Waals surface area contributed by atoms with Gasteiger partial charge in [-0.3, -0.25) is 0 Å². The molecule has 1 heteroatoms. The van der Waals surface area contributed by atoms with E-state index in [1.165, 1.54) is 51.4 Å². The number of hydrogen-bond donors (Lipinski definition) is 0. The molecule has 0 aliphatic heterocycles. The van der Waals surface area contributed by atoms with Crippen molar-refractivity contribution in [3.8, 4) is 0 Å². The molecule has 4 aliphatic rings. The highest BCUT2D eigenvalue weighted by molar-refractivity contribution is 5.42. The average molecular weight is 303 g/mol. The van der Waals surface area contributed by atoms with E-state index in [4.69, 9.17) is 4.74 Å². The predicted molar refractivity (Wildman–Crippen MR) is 91.8 cm³/mol. The summed E-state index contributed by atoms with van der Waals surface area (Å²) in [6, 6.07) is 0. The molecule has 3 fully saturated rings. The zero-order valence-corrected chi connectivity index (χ0v) is 15.3. The summed E-state index contributed by atoms with van der Waals surface area (Å²) in [4.78, 5) is 0. The minimum absolute atomic E-state index is 0.380. The first-order valence-corrected chi connectivity index (χ1v) is 9.55. The van der Waals surface area contributed by atoms with Crippen LogP contribution in [0, 0.1) is 27.6 Å².